The molecule has 0 aliphatic rings. The maximum absolute atomic E-state index is 12.2. The molecular formula is C18H19F3N2O6S2. The number of alkyl halides is 3. The third kappa shape index (κ3) is 8.94. The summed E-state index contributed by atoms with van der Waals surface area (Å²) in [6.45, 7) is 1.53. The Kier molecular flexibility index (Phi) is 8.03. The highest BCUT2D eigenvalue weighted by Gasteiger charge is 2.31. The van der Waals surface area contributed by atoms with Gasteiger partial charge >= 0.3 is 12.3 Å². The van der Waals surface area contributed by atoms with Crippen molar-refractivity contribution < 1.29 is 40.7 Å². The number of nitrogens with one attached hydrogen (secondary N) is 2. The second-order valence-electron chi connectivity index (χ2n) is 6.29. The van der Waals surface area contributed by atoms with Crippen LogP contribution in [0.1, 0.15) is 21.5 Å². The summed E-state index contributed by atoms with van der Waals surface area (Å²) in [7, 11) is -3.30. The van der Waals surface area contributed by atoms with E-state index in [1.807, 2.05) is 0 Å². The van der Waals surface area contributed by atoms with Crippen molar-refractivity contribution in [1.29, 1.82) is 0 Å². The molecule has 1 amide bonds. The van der Waals surface area contributed by atoms with Crippen molar-refractivity contribution in [2.45, 2.75) is 25.8 Å². The van der Waals surface area contributed by atoms with Gasteiger partial charge in [-0.2, -0.15) is 0 Å². The summed E-state index contributed by atoms with van der Waals surface area (Å²) in [5.41, 5.74) is 0.194. The summed E-state index contributed by atoms with van der Waals surface area (Å²) in [5, 5.41) is 2.42. The first-order valence-corrected chi connectivity index (χ1v) is 11.4. The molecule has 0 spiro atoms. The largest absolute Gasteiger partial charge is 0.573 e. The number of carbonyl (C=O) groups is 2. The number of hydrogen-bond acceptors (Lipinski definition) is 7. The molecular weight excluding hydrogens is 461 g/mol. The zero-order chi connectivity index (χ0) is 23.2. The summed E-state index contributed by atoms with van der Waals surface area (Å²) in [4.78, 5) is 25.4. The Labute approximate surface area is 180 Å². The predicted molar refractivity (Wildman–Crippen MR) is 108 cm³/mol. The highest BCUT2D eigenvalue weighted by Crippen LogP contribution is 2.24. The minimum absolute atomic E-state index is 0.180. The second-order valence-corrected chi connectivity index (χ2v) is 9.29. The van der Waals surface area contributed by atoms with E-state index in [0.29, 0.717) is 6.42 Å². The van der Waals surface area contributed by atoms with Gasteiger partial charge in [0.1, 0.15) is 10.6 Å². The van der Waals surface area contributed by atoms with Crippen molar-refractivity contribution in [1.82, 2.24) is 4.72 Å². The van der Waals surface area contributed by atoms with Gasteiger partial charge in [0.25, 0.3) is 5.91 Å². The Morgan fingerprint density at radius 1 is 1.13 bits per heavy atom. The van der Waals surface area contributed by atoms with Crippen LogP contribution in [-0.4, -0.2) is 45.6 Å². The van der Waals surface area contributed by atoms with E-state index in [2.05, 4.69) is 14.8 Å². The number of benzene rings is 1. The fourth-order valence-electron chi connectivity index (χ4n) is 2.24. The van der Waals surface area contributed by atoms with Gasteiger partial charge in [-0.25, -0.2) is 17.9 Å². The second kappa shape index (κ2) is 10.1. The van der Waals surface area contributed by atoms with Crippen LogP contribution >= 0.6 is 11.3 Å². The fourth-order valence-corrected chi connectivity index (χ4v) is 3.60. The lowest BCUT2D eigenvalue weighted by molar-refractivity contribution is -0.274. The van der Waals surface area contributed by atoms with E-state index < -0.39 is 40.1 Å². The highest BCUT2D eigenvalue weighted by molar-refractivity contribution is 7.88. The van der Waals surface area contributed by atoms with Crippen LogP contribution < -0.4 is 14.8 Å². The van der Waals surface area contributed by atoms with E-state index in [4.69, 9.17) is 4.74 Å². The number of carbonyl (C=O) groups excluding carboxylic acids is 2. The maximum Gasteiger partial charge on any atom is 0.573 e. The first-order valence-electron chi connectivity index (χ1n) is 8.73. The molecule has 1 heterocycles. The highest BCUT2D eigenvalue weighted by atomic mass is 32.2. The molecule has 0 saturated heterocycles. The molecule has 0 aliphatic carbocycles. The number of rotatable bonds is 9. The summed E-state index contributed by atoms with van der Waals surface area (Å²) in [5.74, 6) is -1.85. The van der Waals surface area contributed by atoms with Gasteiger partial charge in [0, 0.05) is 17.1 Å². The van der Waals surface area contributed by atoms with Gasteiger partial charge < -0.3 is 14.8 Å². The molecule has 2 rings (SSSR count). The summed E-state index contributed by atoms with van der Waals surface area (Å²) < 4.78 is 69.8. The lowest BCUT2D eigenvalue weighted by Gasteiger charge is -2.13. The van der Waals surface area contributed by atoms with Crippen molar-refractivity contribution >= 4 is 38.9 Å². The number of ether oxygens (including phenoxy) is 2. The first kappa shape index (κ1) is 24.6. The topological polar surface area (TPSA) is 111 Å². The molecule has 170 valence electrons. The van der Waals surface area contributed by atoms with Crippen LogP contribution in [0.5, 0.6) is 5.75 Å². The lowest BCUT2D eigenvalue weighted by Crippen LogP contribution is -2.29. The molecule has 0 bridgehead atoms. The number of halogens is 3. The predicted octanol–water partition coefficient (Wildman–Crippen LogP) is 2.92. The molecule has 0 fully saturated rings. The fraction of sp³-hybridized carbons (Fsp3) is 0.333. The summed E-state index contributed by atoms with van der Waals surface area (Å²) in [6.07, 6.45) is -4.56. The van der Waals surface area contributed by atoms with Crippen molar-refractivity contribution in [3.8, 4) is 5.75 Å². The normalized spacial score (nSPS) is 12.8. The minimum atomic E-state index is -4.82. The Balaban J connectivity index is 1.86. The van der Waals surface area contributed by atoms with Gasteiger partial charge in [-0.15, -0.1) is 24.5 Å². The molecule has 1 aromatic heterocycles. The third-order valence-corrected chi connectivity index (χ3v) is 5.46. The van der Waals surface area contributed by atoms with Gasteiger partial charge in [-0.1, -0.05) is 0 Å². The SMILES string of the molecule is C[C@@H](OC(=O)c1ccc(CCNS(C)(=O)=O)s1)C(=O)Nc1ccc(OC(F)(F)F)cc1. The van der Waals surface area contributed by atoms with Crippen molar-refractivity contribution in [2.24, 2.45) is 0 Å². The van der Waals surface area contributed by atoms with Crippen LogP contribution in [0.2, 0.25) is 0 Å². The Morgan fingerprint density at radius 3 is 2.35 bits per heavy atom. The average molecular weight is 480 g/mol. The zero-order valence-corrected chi connectivity index (χ0v) is 18.0. The molecule has 31 heavy (non-hydrogen) atoms. The molecule has 0 unspecified atom stereocenters. The first-order chi connectivity index (χ1) is 14.3. The molecule has 0 radical (unpaired) electrons. The van der Waals surface area contributed by atoms with E-state index in [0.717, 1.165) is 34.6 Å². The van der Waals surface area contributed by atoms with Crippen molar-refractivity contribution in [3.05, 3.63) is 46.2 Å². The molecule has 8 nitrogen and oxygen atoms in total. The molecule has 2 aromatic rings. The van der Waals surface area contributed by atoms with E-state index in [1.165, 1.54) is 25.1 Å². The number of anilines is 1. The van der Waals surface area contributed by atoms with Gasteiger partial charge in [-0.3, -0.25) is 4.79 Å². The molecule has 1 aromatic carbocycles. The number of sulfonamides is 1. The van der Waals surface area contributed by atoms with Gasteiger partial charge in [0.2, 0.25) is 10.0 Å². The summed E-state index contributed by atoms with van der Waals surface area (Å²) >= 11 is 1.11. The van der Waals surface area contributed by atoms with Crippen LogP contribution in [0, 0.1) is 0 Å². The van der Waals surface area contributed by atoms with Crippen LogP contribution in [0.3, 0.4) is 0 Å². The van der Waals surface area contributed by atoms with Gasteiger partial charge in [-0.05, 0) is 49.7 Å². The van der Waals surface area contributed by atoms with Crippen LogP contribution in [0.15, 0.2) is 36.4 Å². The van der Waals surface area contributed by atoms with Crippen LogP contribution in [0.4, 0.5) is 18.9 Å². The number of amides is 1. The molecule has 13 heteroatoms. The quantitative estimate of drug-likeness (QED) is 0.534. The molecule has 0 saturated carbocycles. The third-order valence-electron chi connectivity index (χ3n) is 3.61. The zero-order valence-electron chi connectivity index (χ0n) is 16.4. The van der Waals surface area contributed by atoms with E-state index in [1.54, 1.807) is 6.07 Å². The molecule has 1 atom stereocenters. The van der Waals surface area contributed by atoms with Crippen LogP contribution in [0.25, 0.3) is 0 Å². The maximum atomic E-state index is 12.2. The van der Waals surface area contributed by atoms with Gasteiger partial charge in [0.15, 0.2) is 6.10 Å². The monoisotopic (exact) mass is 480 g/mol. The van der Waals surface area contributed by atoms with Crippen molar-refractivity contribution in [3.63, 3.8) is 0 Å². The Hall–Kier alpha value is -2.64. The van der Waals surface area contributed by atoms with Gasteiger partial charge in [0.05, 0.1) is 6.26 Å². The molecule has 0 aliphatic heterocycles. The van der Waals surface area contributed by atoms with E-state index >= 15 is 0 Å². The summed E-state index contributed by atoms with van der Waals surface area (Å²) in [6, 6.07) is 7.65. The van der Waals surface area contributed by atoms with Crippen molar-refractivity contribution in [2.75, 3.05) is 18.1 Å². The van der Waals surface area contributed by atoms with E-state index in [9.17, 15) is 31.2 Å². The van der Waals surface area contributed by atoms with E-state index in [-0.39, 0.29) is 17.1 Å². The number of hydrogen-bond donors (Lipinski definition) is 2. The average Bonchev–Trinajstić information content (AvgIpc) is 3.10. The van der Waals surface area contributed by atoms with Crippen LogP contribution in [-0.2, 0) is 26.0 Å². The standard InChI is InChI=1S/C18H19F3N2O6S2/c1-11(16(24)23-12-3-5-13(6-4-12)29-18(19,20)21)28-17(25)15-8-7-14(30-15)9-10-22-31(2,26)27/h3-8,11,22H,9-10H2,1-2H3,(H,23,24)/t11-/m1/s1. The smallest absolute Gasteiger partial charge is 0.448 e. The molecule has 2 N–H and O–H groups in total. The number of esters is 1. The Bertz CT molecular complexity index is 1020. The Morgan fingerprint density at radius 2 is 1.77 bits per heavy atom. The number of thiophene rings is 1. The minimum Gasteiger partial charge on any atom is -0.448 e. The lowest BCUT2D eigenvalue weighted by atomic mass is 10.3.